The summed E-state index contributed by atoms with van der Waals surface area (Å²) >= 11 is 6.27. The Morgan fingerprint density at radius 1 is 1.17 bits per heavy atom. The number of piperidine rings is 1. The lowest BCUT2D eigenvalue weighted by Gasteiger charge is -2.66. The lowest BCUT2D eigenvalue weighted by atomic mass is 9.38. The molecular formula is C24H32ClFN2O. The number of alkyl halides is 2. The second kappa shape index (κ2) is 7.23. The van der Waals surface area contributed by atoms with E-state index in [2.05, 4.69) is 41.0 Å². The summed E-state index contributed by atoms with van der Waals surface area (Å²) in [5.74, 6) is 1.32. The van der Waals surface area contributed by atoms with Crippen molar-refractivity contribution in [3.63, 3.8) is 0 Å². The van der Waals surface area contributed by atoms with E-state index in [1.165, 1.54) is 18.4 Å². The molecule has 4 bridgehead atoms. The molecule has 4 aliphatic carbocycles. The highest BCUT2D eigenvalue weighted by molar-refractivity contribution is 6.17. The van der Waals surface area contributed by atoms with Crippen molar-refractivity contribution in [2.75, 3.05) is 19.0 Å². The van der Waals surface area contributed by atoms with Crippen LogP contribution in [0, 0.1) is 16.7 Å². The zero-order valence-corrected chi connectivity index (χ0v) is 17.8. The van der Waals surface area contributed by atoms with Crippen LogP contribution in [0.1, 0.15) is 56.9 Å². The number of carbonyl (C=O) groups excluding carboxylic acids is 1. The van der Waals surface area contributed by atoms with E-state index in [0.717, 1.165) is 38.6 Å². The molecule has 1 amide bonds. The summed E-state index contributed by atoms with van der Waals surface area (Å²) in [7, 11) is 0. The monoisotopic (exact) mass is 418 g/mol. The zero-order chi connectivity index (χ0) is 20.1. The van der Waals surface area contributed by atoms with Crippen LogP contribution in [-0.4, -0.2) is 37.1 Å². The third-order valence-electron chi connectivity index (χ3n) is 8.40. The lowest BCUT2D eigenvalue weighted by molar-refractivity contribution is -0.164. The number of rotatable bonds is 5. The van der Waals surface area contributed by atoms with Gasteiger partial charge in [-0.05, 0) is 80.2 Å². The predicted octanol–water partition coefficient (Wildman–Crippen LogP) is 4.34. The molecule has 5 heteroatoms. The van der Waals surface area contributed by atoms with Crippen LogP contribution in [0.25, 0.3) is 0 Å². The number of nitrogens with one attached hydrogen (secondary N) is 2. The second-order valence-electron chi connectivity index (χ2n) is 10.5. The Bertz CT molecular complexity index is 775. The van der Waals surface area contributed by atoms with Gasteiger partial charge in [0.05, 0.1) is 11.5 Å². The first-order chi connectivity index (χ1) is 14.0. The van der Waals surface area contributed by atoms with Gasteiger partial charge >= 0.3 is 0 Å². The van der Waals surface area contributed by atoms with Gasteiger partial charge in [-0.25, -0.2) is 4.39 Å². The van der Waals surface area contributed by atoms with E-state index in [-0.39, 0.29) is 28.2 Å². The van der Waals surface area contributed by atoms with Gasteiger partial charge in [0.15, 0.2) is 0 Å². The van der Waals surface area contributed by atoms with Gasteiger partial charge < -0.3 is 10.6 Å². The quantitative estimate of drug-likeness (QED) is 0.698. The summed E-state index contributed by atoms with van der Waals surface area (Å²) in [4.78, 5) is 13.7. The third kappa shape index (κ3) is 3.31. The lowest BCUT2D eigenvalue weighted by Crippen LogP contribution is -2.64. The Morgan fingerprint density at radius 2 is 2.00 bits per heavy atom. The van der Waals surface area contributed by atoms with E-state index in [1.807, 2.05) is 0 Å². The van der Waals surface area contributed by atoms with E-state index in [0.29, 0.717) is 24.8 Å². The van der Waals surface area contributed by atoms with Crippen molar-refractivity contribution < 1.29 is 9.18 Å². The summed E-state index contributed by atoms with van der Waals surface area (Å²) in [5, 5.41) is 6.25. The normalized spacial score (nSPS) is 43.3. The van der Waals surface area contributed by atoms with Crippen molar-refractivity contribution in [1.82, 2.24) is 10.6 Å². The first-order valence-corrected chi connectivity index (χ1v) is 11.8. The molecule has 0 aromatic heterocycles. The topological polar surface area (TPSA) is 41.1 Å². The maximum Gasteiger partial charge on any atom is 0.226 e. The number of hydrogen-bond donors (Lipinski definition) is 2. The number of halogens is 2. The molecule has 158 valence electrons. The highest BCUT2D eigenvalue weighted by Crippen LogP contribution is 2.71. The first-order valence-electron chi connectivity index (χ1n) is 11.3. The van der Waals surface area contributed by atoms with Crippen LogP contribution in [0.2, 0.25) is 0 Å². The van der Waals surface area contributed by atoms with Crippen molar-refractivity contribution in [3.8, 4) is 0 Å². The van der Waals surface area contributed by atoms with Gasteiger partial charge in [0.25, 0.3) is 0 Å². The molecule has 6 atom stereocenters. The molecule has 1 heterocycles. The summed E-state index contributed by atoms with van der Waals surface area (Å²) in [6.45, 7) is 1.11. The SMILES string of the molecule is O=C(N[C@H]1CCNC[C@@H]1F)C12CC3C[C@@](CCCl)(C1)C[C@](c1ccccc1)(C3)C2. The Morgan fingerprint density at radius 3 is 2.76 bits per heavy atom. The van der Waals surface area contributed by atoms with Crippen LogP contribution in [-0.2, 0) is 10.2 Å². The maximum atomic E-state index is 14.4. The van der Waals surface area contributed by atoms with E-state index in [9.17, 15) is 9.18 Å². The number of benzene rings is 1. The Balaban J connectivity index is 1.48. The molecule has 1 aromatic rings. The fourth-order valence-corrected chi connectivity index (χ4v) is 8.19. The minimum absolute atomic E-state index is 0.0628. The molecular weight excluding hydrogens is 387 g/mol. The highest BCUT2D eigenvalue weighted by atomic mass is 35.5. The molecule has 4 saturated carbocycles. The smallest absolute Gasteiger partial charge is 0.226 e. The average Bonchev–Trinajstić information content (AvgIpc) is 2.69. The highest BCUT2D eigenvalue weighted by Gasteiger charge is 2.65. The molecule has 29 heavy (non-hydrogen) atoms. The van der Waals surface area contributed by atoms with E-state index >= 15 is 0 Å². The Kier molecular flexibility index (Phi) is 4.94. The molecule has 3 nitrogen and oxygen atoms in total. The number of amides is 1. The fourth-order valence-electron chi connectivity index (χ4n) is 7.79. The zero-order valence-electron chi connectivity index (χ0n) is 17.1. The molecule has 1 saturated heterocycles. The Hall–Kier alpha value is -1.13. The first kappa shape index (κ1) is 19.8. The van der Waals surface area contributed by atoms with Gasteiger partial charge in [-0.15, -0.1) is 11.6 Å². The molecule has 0 radical (unpaired) electrons. The minimum atomic E-state index is -0.999. The van der Waals surface area contributed by atoms with Crippen LogP contribution in [0.3, 0.4) is 0 Å². The van der Waals surface area contributed by atoms with Crippen LogP contribution >= 0.6 is 11.6 Å². The molecule has 2 unspecified atom stereocenters. The number of hydrogen-bond acceptors (Lipinski definition) is 2. The van der Waals surface area contributed by atoms with E-state index < -0.39 is 6.17 Å². The van der Waals surface area contributed by atoms with Crippen molar-refractivity contribution in [2.45, 2.75) is 69.0 Å². The van der Waals surface area contributed by atoms with Crippen molar-refractivity contribution >= 4 is 17.5 Å². The third-order valence-corrected chi connectivity index (χ3v) is 8.59. The predicted molar refractivity (Wildman–Crippen MR) is 114 cm³/mol. The average molecular weight is 419 g/mol. The summed E-state index contributed by atoms with van der Waals surface area (Å²) in [5.41, 5.74) is 1.22. The minimum Gasteiger partial charge on any atom is -0.350 e. The van der Waals surface area contributed by atoms with Gasteiger partial charge in [-0.1, -0.05) is 30.3 Å². The van der Waals surface area contributed by atoms with Crippen LogP contribution < -0.4 is 10.6 Å². The number of carbonyl (C=O) groups is 1. The Labute approximate surface area is 178 Å². The summed E-state index contributed by atoms with van der Waals surface area (Å²) in [6.07, 6.45) is 6.94. The van der Waals surface area contributed by atoms with Gasteiger partial charge in [-0.3, -0.25) is 4.79 Å². The summed E-state index contributed by atoms with van der Waals surface area (Å²) < 4.78 is 14.4. The maximum absolute atomic E-state index is 14.4. The van der Waals surface area contributed by atoms with Crippen LogP contribution in [0.5, 0.6) is 0 Å². The summed E-state index contributed by atoms with van der Waals surface area (Å²) in [6, 6.07) is 10.5. The molecule has 0 spiro atoms. The van der Waals surface area contributed by atoms with Crippen molar-refractivity contribution in [3.05, 3.63) is 35.9 Å². The second-order valence-corrected chi connectivity index (χ2v) is 10.8. The van der Waals surface area contributed by atoms with E-state index in [1.54, 1.807) is 0 Å². The van der Waals surface area contributed by atoms with Crippen LogP contribution in [0.15, 0.2) is 30.3 Å². The molecule has 1 aromatic carbocycles. The fraction of sp³-hybridized carbons (Fsp3) is 0.708. The molecule has 6 rings (SSSR count). The van der Waals surface area contributed by atoms with Crippen LogP contribution in [0.4, 0.5) is 4.39 Å². The molecule has 2 N–H and O–H groups in total. The van der Waals surface area contributed by atoms with Gasteiger partial charge in [0.1, 0.15) is 6.17 Å². The largest absolute Gasteiger partial charge is 0.350 e. The van der Waals surface area contributed by atoms with Gasteiger partial charge in [0, 0.05) is 12.4 Å². The van der Waals surface area contributed by atoms with E-state index in [4.69, 9.17) is 11.6 Å². The standard InChI is InChI=1S/C24H32ClFN2O/c25-8-7-22-10-17-11-23(14-22,18-4-2-1-3-5-18)16-24(12-17,15-22)21(29)28-20-6-9-27-13-19(20)26/h1-5,17,19-20,27H,6-16H2,(H,28,29)/t17?,19-,20-,22+,23+,24?/m0/s1. The van der Waals surface area contributed by atoms with Crippen molar-refractivity contribution in [2.24, 2.45) is 16.7 Å². The van der Waals surface area contributed by atoms with Gasteiger partial charge in [0.2, 0.25) is 5.91 Å². The molecule has 1 aliphatic heterocycles. The van der Waals surface area contributed by atoms with Crippen molar-refractivity contribution in [1.29, 1.82) is 0 Å². The molecule has 5 aliphatic rings. The molecule has 5 fully saturated rings. The van der Waals surface area contributed by atoms with Gasteiger partial charge in [-0.2, -0.15) is 0 Å².